The summed E-state index contributed by atoms with van der Waals surface area (Å²) in [6, 6.07) is 10.1. The molecule has 0 fully saturated rings. The lowest BCUT2D eigenvalue weighted by atomic mass is 10.1. The Labute approximate surface area is 231 Å². The van der Waals surface area contributed by atoms with E-state index in [0.29, 0.717) is 11.6 Å². The second-order valence-corrected chi connectivity index (χ2v) is 9.17. The number of aryl methyl sites for hydroxylation is 2. The van der Waals surface area contributed by atoms with Crippen molar-refractivity contribution >= 4 is 22.8 Å². The highest BCUT2D eigenvalue weighted by Crippen LogP contribution is 2.30. The van der Waals surface area contributed by atoms with E-state index in [4.69, 9.17) is 25.8 Å². The van der Waals surface area contributed by atoms with Gasteiger partial charge in [0.2, 0.25) is 0 Å². The number of hydrogen-bond donors (Lipinski definition) is 0. The molecule has 4 aromatic rings. The summed E-state index contributed by atoms with van der Waals surface area (Å²) in [6.07, 6.45) is -4.89. The summed E-state index contributed by atoms with van der Waals surface area (Å²) < 4.78 is 62.1. The molecular weight excluding hydrogens is 557 g/mol. The first-order valence-corrected chi connectivity index (χ1v) is 12.4. The van der Waals surface area contributed by atoms with Crippen molar-refractivity contribution in [1.82, 2.24) is 18.7 Å². The fourth-order valence-corrected chi connectivity index (χ4v) is 4.12. The van der Waals surface area contributed by atoms with Crippen LogP contribution in [0, 0.1) is 6.92 Å². The topological polar surface area (TPSA) is 98.7 Å². The largest absolute Gasteiger partial charge is 0.573 e. The van der Waals surface area contributed by atoms with E-state index in [2.05, 4.69) is 9.72 Å². The summed E-state index contributed by atoms with van der Waals surface area (Å²) in [5.41, 5.74) is 0.380. The number of methoxy groups -OCH3 is 1. The van der Waals surface area contributed by atoms with E-state index in [9.17, 15) is 22.8 Å². The Morgan fingerprint density at radius 2 is 1.75 bits per heavy atom. The van der Waals surface area contributed by atoms with Gasteiger partial charge in [0, 0.05) is 25.2 Å². The quantitative estimate of drug-likeness (QED) is 0.244. The predicted octanol–water partition coefficient (Wildman–Crippen LogP) is 4.26. The van der Waals surface area contributed by atoms with Crippen LogP contribution in [0.3, 0.4) is 0 Å². The van der Waals surface area contributed by atoms with Crippen LogP contribution in [0.4, 0.5) is 13.2 Å². The molecule has 214 valence electrons. The monoisotopic (exact) mass is 582 g/mol. The number of rotatable bonds is 11. The third kappa shape index (κ3) is 6.66. The molecule has 0 N–H and O–H groups in total. The Bertz CT molecular complexity index is 1630. The highest BCUT2D eigenvalue weighted by atomic mass is 35.5. The van der Waals surface area contributed by atoms with Gasteiger partial charge in [-0.25, -0.2) is 4.79 Å². The molecule has 0 atom stereocenters. The highest BCUT2D eigenvalue weighted by molar-refractivity contribution is 6.31. The van der Waals surface area contributed by atoms with Gasteiger partial charge in [-0.3, -0.25) is 18.5 Å². The zero-order valence-electron chi connectivity index (χ0n) is 21.8. The van der Waals surface area contributed by atoms with Crippen molar-refractivity contribution in [3.05, 3.63) is 79.5 Å². The second kappa shape index (κ2) is 12.1. The van der Waals surface area contributed by atoms with E-state index in [1.165, 1.54) is 35.4 Å². The van der Waals surface area contributed by atoms with Crippen LogP contribution in [-0.4, -0.2) is 52.0 Å². The van der Waals surface area contributed by atoms with E-state index in [1.807, 2.05) is 13.0 Å². The summed E-state index contributed by atoms with van der Waals surface area (Å²) >= 11 is 6.17. The number of imidazole rings is 1. The Morgan fingerprint density at radius 1 is 1.00 bits per heavy atom. The molecule has 0 bridgehead atoms. The zero-order chi connectivity index (χ0) is 29.0. The maximum Gasteiger partial charge on any atom is 0.573 e. The molecule has 4 rings (SSSR count). The molecule has 0 amide bonds. The molecule has 0 saturated carbocycles. The molecule has 0 aliphatic heterocycles. The summed E-state index contributed by atoms with van der Waals surface area (Å²) in [7, 11) is 2.98. The Morgan fingerprint density at radius 3 is 2.45 bits per heavy atom. The van der Waals surface area contributed by atoms with Crippen molar-refractivity contribution in [2.75, 3.05) is 26.9 Å². The SMILES string of the molecule is COCCOCCn1c(=O)c2c(nc(Oc3cccc(OC(F)(F)F)c3)n2Cc2ccc(Cl)c(C)c2)n(C)c1=O. The molecule has 2 aromatic heterocycles. The number of benzene rings is 2. The van der Waals surface area contributed by atoms with Crippen molar-refractivity contribution < 1.29 is 32.1 Å². The Balaban J connectivity index is 1.81. The lowest BCUT2D eigenvalue weighted by Crippen LogP contribution is -2.40. The van der Waals surface area contributed by atoms with Gasteiger partial charge in [0.1, 0.15) is 11.5 Å². The molecule has 0 aliphatic rings. The molecular formula is C26H26ClF3N4O6. The minimum atomic E-state index is -4.89. The third-order valence-electron chi connectivity index (χ3n) is 5.90. The molecule has 0 unspecified atom stereocenters. The van der Waals surface area contributed by atoms with Crippen LogP contribution in [0.15, 0.2) is 52.1 Å². The minimum absolute atomic E-state index is 0.0244. The van der Waals surface area contributed by atoms with Crippen molar-refractivity contribution in [2.45, 2.75) is 26.4 Å². The highest BCUT2D eigenvalue weighted by Gasteiger charge is 2.31. The van der Waals surface area contributed by atoms with Gasteiger partial charge in [0.25, 0.3) is 5.56 Å². The van der Waals surface area contributed by atoms with E-state index in [0.717, 1.165) is 27.8 Å². The van der Waals surface area contributed by atoms with Gasteiger partial charge in [-0.2, -0.15) is 4.98 Å². The molecule has 40 heavy (non-hydrogen) atoms. The van der Waals surface area contributed by atoms with Gasteiger partial charge >= 0.3 is 18.1 Å². The van der Waals surface area contributed by atoms with Crippen LogP contribution in [0.25, 0.3) is 11.2 Å². The molecule has 0 saturated heterocycles. The Kier molecular flexibility index (Phi) is 8.86. The molecule has 0 radical (unpaired) electrons. The van der Waals surface area contributed by atoms with E-state index < -0.39 is 23.4 Å². The van der Waals surface area contributed by atoms with Gasteiger partial charge in [0.15, 0.2) is 11.2 Å². The number of halogens is 4. The van der Waals surface area contributed by atoms with Crippen LogP contribution >= 0.6 is 11.6 Å². The maximum atomic E-state index is 13.6. The lowest BCUT2D eigenvalue weighted by molar-refractivity contribution is -0.274. The number of alkyl halides is 3. The second-order valence-electron chi connectivity index (χ2n) is 8.76. The predicted molar refractivity (Wildman–Crippen MR) is 140 cm³/mol. The molecule has 2 aromatic carbocycles. The molecule has 2 heterocycles. The van der Waals surface area contributed by atoms with E-state index in [1.54, 1.807) is 12.1 Å². The fourth-order valence-electron chi connectivity index (χ4n) is 4.00. The van der Waals surface area contributed by atoms with Gasteiger partial charge < -0.3 is 18.9 Å². The summed E-state index contributed by atoms with van der Waals surface area (Å²) in [5.74, 6) is -0.522. The first-order valence-electron chi connectivity index (χ1n) is 12.0. The minimum Gasteiger partial charge on any atom is -0.425 e. The normalized spacial score (nSPS) is 11.8. The smallest absolute Gasteiger partial charge is 0.425 e. The summed E-state index contributed by atoms with van der Waals surface area (Å²) in [6.45, 7) is 2.61. The number of aromatic nitrogens is 4. The van der Waals surface area contributed by atoms with Crippen LogP contribution in [0.1, 0.15) is 11.1 Å². The first-order chi connectivity index (χ1) is 19.0. The maximum absolute atomic E-state index is 13.6. The van der Waals surface area contributed by atoms with Gasteiger partial charge in [-0.1, -0.05) is 29.8 Å². The number of nitrogens with zero attached hydrogens (tertiary/aromatic N) is 4. The first kappa shape index (κ1) is 29.2. The average molecular weight is 583 g/mol. The van der Waals surface area contributed by atoms with Crippen LogP contribution in [-0.2, 0) is 29.6 Å². The van der Waals surface area contributed by atoms with Crippen molar-refractivity contribution in [3.8, 4) is 17.5 Å². The zero-order valence-corrected chi connectivity index (χ0v) is 22.6. The van der Waals surface area contributed by atoms with Crippen molar-refractivity contribution in [1.29, 1.82) is 0 Å². The molecule has 0 aliphatic carbocycles. The number of ether oxygens (including phenoxy) is 4. The van der Waals surface area contributed by atoms with Crippen LogP contribution in [0.2, 0.25) is 5.02 Å². The van der Waals surface area contributed by atoms with E-state index >= 15 is 0 Å². The van der Waals surface area contributed by atoms with Gasteiger partial charge in [-0.05, 0) is 36.2 Å². The van der Waals surface area contributed by atoms with Crippen molar-refractivity contribution in [3.63, 3.8) is 0 Å². The molecule has 0 spiro atoms. The average Bonchev–Trinajstić information content (AvgIpc) is 3.23. The number of hydrogen-bond acceptors (Lipinski definition) is 7. The standard InChI is InChI=1S/C26H26ClF3N4O6/c1-16-13-17(7-8-20(16)27)15-34-21-22(32(2)25(36)33(23(21)35)9-10-38-12-11-37-3)31-24(34)39-18-5-4-6-19(14-18)40-26(28,29)30/h4-8,13-14H,9-12,15H2,1-3H3. The fraction of sp³-hybridized carbons (Fsp3) is 0.346. The summed E-state index contributed by atoms with van der Waals surface area (Å²) in [4.78, 5) is 31.0. The lowest BCUT2D eigenvalue weighted by Gasteiger charge is -2.13. The number of fused-ring (bicyclic) bond motifs is 1. The summed E-state index contributed by atoms with van der Waals surface area (Å²) in [5, 5.41) is 0.551. The molecule has 14 heteroatoms. The third-order valence-corrected chi connectivity index (χ3v) is 6.32. The van der Waals surface area contributed by atoms with Crippen LogP contribution in [0.5, 0.6) is 17.5 Å². The van der Waals surface area contributed by atoms with Gasteiger partial charge in [-0.15, -0.1) is 13.2 Å². The van der Waals surface area contributed by atoms with Crippen LogP contribution < -0.4 is 20.7 Å². The van der Waals surface area contributed by atoms with Crippen molar-refractivity contribution in [2.24, 2.45) is 7.05 Å². The van der Waals surface area contributed by atoms with Gasteiger partial charge in [0.05, 0.1) is 32.9 Å². The Hall–Kier alpha value is -3.81. The molecule has 10 nitrogen and oxygen atoms in total. The van der Waals surface area contributed by atoms with E-state index in [-0.39, 0.29) is 49.2 Å².